The second-order valence-corrected chi connectivity index (χ2v) is 9.86. The van der Waals surface area contributed by atoms with E-state index in [0.717, 1.165) is 38.2 Å². The van der Waals surface area contributed by atoms with Crippen LogP contribution in [0.4, 0.5) is 0 Å². The summed E-state index contributed by atoms with van der Waals surface area (Å²) in [6.45, 7) is 1.24. The van der Waals surface area contributed by atoms with Crippen LogP contribution in [-0.4, -0.2) is 63.8 Å². The van der Waals surface area contributed by atoms with E-state index >= 15 is 0 Å². The first-order valence-electron chi connectivity index (χ1n) is 11.4. The molecule has 3 aliphatic heterocycles. The van der Waals surface area contributed by atoms with Gasteiger partial charge in [-0.05, 0) is 50.5 Å². The smallest absolute Gasteiger partial charge is 0.272 e. The number of aromatic amines is 1. The molecule has 9 nitrogen and oxygen atoms in total. The van der Waals surface area contributed by atoms with E-state index < -0.39 is 0 Å². The Bertz CT molecular complexity index is 1060. The minimum absolute atomic E-state index is 0.112. The minimum atomic E-state index is -0.300. The van der Waals surface area contributed by atoms with Crippen molar-refractivity contribution in [2.75, 3.05) is 20.3 Å². The summed E-state index contributed by atoms with van der Waals surface area (Å²) in [5, 5.41) is 7.58. The molecule has 4 aliphatic rings. The van der Waals surface area contributed by atoms with E-state index in [9.17, 15) is 9.59 Å². The minimum Gasteiger partial charge on any atom is -0.481 e. The molecule has 0 radical (unpaired) electrons. The summed E-state index contributed by atoms with van der Waals surface area (Å²) in [5.74, 6) is 0.447. The number of hydrogen-bond donors (Lipinski definition) is 2. The first-order valence-corrected chi connectivity index (χ1v) is 11.7. The number of fused-ring (bicyclic) bond motifs is 2. The molecule has 0 spiro atoms. The lowest BCUT2D eigenvalue weighted by atomic mass is 9.64. The highest BCUT2D eigenvalue weighted by molar-refractivity contribution is 6.33. The van der Waals surface area contributed by atoms with Gasteiger partial charge in [-0.1, -0.05) is 11.6 Å². The van der Waals surface area contributed by atoms with Crippen molar-refractivity contribution in [1.82, 2.24) is 20.1 Å². The molecular formula is C23H28ClN5O4. The van der Waals surface area contributed by atoms with Crippen LogP contribution in [0.5, 0.6) is 5.88 Å². The van der Waals surface area contributed by atoms with Crippen LogP contribution >= 0.6 is 11.6 Å². The molecule has 3 N–H and O–H groups in total. The summed E-state index contributed by atoms with van der Waals surface area (Å²) in [6.07, 6.45) is 6.51. The number of hydrogen-bond acceptors (Lipinski definition) is 6. The molecule has 33 heavy (non-hydrogen) atoms. The molecule has 2 amide bonds. The van der Waals surface area contributed by atoms with Crippen molar-refractivity contribution < 1.29 is 19.1 Å². The van der Waals surface area contributed by atoms with Crippen molar-refractivity contribution in [2.45, 2.75) is 50.2 Å². The molecule has 6 rings (SSSR count). The second-order valence-electron chi connectivity index (χ2n) is 9.45. The summed E-state index contributed by atoms with van der Waals surface area (Å²) in [7, 11) is 1.52. The van der Waals surface area contributed by atoms with Gasteiger partial charge in [-0.15, -0.1) is 0 Å². The van der Waals surface area contributed by atoms with E-state index in [4.69, 9.17) is 26.8 Å². The molecule has 2 aromatic rings. The molecular weight excluding hydrogens is 446 g/mol. The Morgan fingerprint density at radius 3 is 2.88 bits per heavy atom. The highest BCUT2D eigenvalue weighted by Gasteiger charge is 2.51. The third-order valence-corrected chi connectivity index (χ3v) is 7.67. The molecule has 1 saturated carbocycles. The SMILES string of the molecule is COc1cc(-c2cc(C(=O)N3CCC(C(N)=O)CC3CC34CC(CCO3)C4)[nH]n2)c(Cl)cn1. The van der Waals surface area contributed by atoms with Crippen LogP contribution in [0.2, 0.25) is 5.02 Å². The number of nitrogens with one attached hydrogen (secondary N) is 1. The van der Waals surface area contributed by atoms with E-state index in [1.54, 1.807) is 12.1 Å². The van der Waals surface area contributed by atoms with Gasteiger partial charge in [0, 0.05) is 36.7 Å². The van der Waals surface area contributed by atoms with Crippen LogP contribution in [0.15, 0.2) is 18.3 Å². The average Bonchev–Trinajstić information content (AvgIpc) is 3.29. The van der Waals surface area contributed by atoms with E-state index in [2.05, 4.69) is 15.2 Å². The number of nitrogens with zero attached hydrogens (tertiary/aromatic N) is 3. The molecule has 2 atom stereocenters. The number of aromatic nitrogens is 3. The van der Waals surface area contributed by atoms with Crippen molar-refractivity contribution >= 4 is 23.4 Å². The fraction of sp³-hybridized carbons (Fsp3) is 0.565. The molecule has 2 bridgehead atoms. The van der Waals surface area contributed by atoms with Crippen molar-refractivity contribution in [1.29, 1.82) is 0 Å². The Labute approximate surface area is 197 Å². The molecule has 4 fully saturated rings. The van der Waals surface area contributed by atoms with Gasteiger partial charge in [0.05, 0.1) is 29.6 Å². The Hall–Kier alpha value is -2.65. The number of likely N-dealkylation sites (tertiary alicyclic amines) is 1. The number of ether oxygens (including phenoxy) is 2. The first kappa shape index (κ1) is 22.2. The van der Waals surface area contributed by atoms with Gasteiger partial charge in [-0.25, -0.2) is 4.98 Å². The number of H-pyrrole nitrogens is 1. The highest BCUT2D eigenvalue weighted by atomic mass is 35.5. The Morgan fingerprint density at radius 1 is 1.36 bits per heavy atom. The third kappa shape index (κ3) is 4.19. The summed E-state index contributed by atoms with van der Waals surface area (Å²) < 4.78 is 11.3. The molecule has 2 unspecified atom stereocenters. The highest BCUT2D eigenvalue weighted by Crippen LogP contribution is 2.51. The molecule has 0 aromatic carbocycles. The maximum absolute atomic E-state index is 13.5. The maximum atomic E-state index is 13.5. The Balaban J connectivity index is 1.38. The topological polar surface area (TPSA) is 123 Å². The first-order chi connectivity index (χ1) is 15.9. The van der Waals surface area contributed by atoms with Gasteiger partial charge >= 0.3 is 0 Å². The van der Waals surface area contributed by atoms with E-state index in [1.165, 1.54) is 13.3 Å². The number of carbonyl (C=O) groups is 2. The zero-order valence-corrected chi connectivity index (χ0v) is 19.3. The predicted octanol–water partition coefficient (Wildman–Crippen LogP) is 2.80. The molecule has 5 heterocycles. The van der Waals surface area contributed by atoms with Crippen LogP contribution in [-0.2, 0) is 9.53 Å². The van der Waals surface area contributed by atoms with Gasteiger partial charge in [0.15, 0.2) is 0 Å². The van der Waals surface area contributed by atoms with E-state index in [0.29, 0.717) is 47.2 Å². The van der Waals surface area contributed by atoms with Crippen molar-refractivity contribution in [3.05, 3.63) is 29.0 Å². The van der Waals surface area contributed by atoms with Crippen molar-refractivity contribution in [3.63, 3.8) is 0 Å². The molecule has 10 heteroatoms. The molecule has 176 valence electrons. The second kappa shape index (κ2) is 8.61. The van der Waals surface area contributed by atoms with Crippen LogP contribution in [0, 0.1) is 11.8 Å². The van der Waals surface area contributed by atoms with Gasteiger partial charge in [-0.2, -0.15) is 5.10 Å². The number of rotatable bonds is 6. The number of primary amides is 1. The van der Waals surface area contributed by atoms with E-state index in [-0.39, 0.29) is 29.4 Å². The Kier molecular flexibility index (Phi) is 5.78. The molecule has 2 aromatic heterocycles. The van der Waals surface area contributed by atoms with Crippen molar-refractivity contribution in [3.8, 4) is 17.1 Å². The number of pyridine rings is 1. The van der Waals surface area contributed by atoms with E-state index in [1.807, 2.05) is 4.90 Å². The number of carbonyl (C=O) groups excluding carboxylic acids is 2. The van der Waals surface area contributed by atoms with Crippen LogP contribution in [0.1, 0.15) is 49.0 Å². The molecule has 3 saturated heterocycles. The lowest BCUT2D eigenvalue weighted by Crippen LogP contribution is -2.57. The van der Waals surface area contributed by atoms with Crippen molar-refractivity contribution in [2.24, 2.45) is 17.6 Å². The number of nitrogens with two attached hydrogens (primary N) is 1. The van der Waals surface area contributed by atoms with Crippen LogP contribution in [0.3, 0.4) is 0 Å². The number of piperidine rings is 1. The third-order valence-electron chi connectivity index (χ3n) is 7.37. The summed E-state index contributed by atoms with van der Waals surface area (Å²) >= 11 is 6.30. The molecule has 1 aliphatic carbocycles. The zero-order chi connectivity index (χ0) is 23.2. The average molecular weight is 474 g/mol. The summed E-state index contributed by atoms with van der Waals surface area (Å²) in [6, 6.07) is 3.26. The normalized spacial score (nSPS) is 28.8. The standard InChI is InChI=1S/C23H28ClN5O4/c1-32-20-7-16(17(24)12-26-20)18-8-19(28-27-18)22(31)29-4-2-14(21(25)30)6-15(29)11-23-9-13(10-23)3-5-33-23/h7-8,12-15H,2-6,9-11H2,1H3,(H2,25,30)(H,27,28). The number of amides is 2. The fourth-order valence-electron chi connectivity index (χ4n) is 5.63. The quantitative estimate of drug-likeness (QED) is 0.664. The van der Waals surface area contributed by atoms with Gasteiger partial charge in [0.25, 0.3) is 5.91 Å². The number of methoxy groups -OCH3 is 1. The van der Waals surface area contributed by atoms with Gasteiger partial charge in [0.2, 0.25) is 11.8 Å². The largest absolute Gasteiger partial charge is 0.481 e. The Morgan fingerprint density at radius 2 is 2.18 bits per heavy atom. The number of halogens is 1. The van der Waals surface area contributed by atoms with Gasteiger partial charge in [0.1, 0.15) is 5.69 Å². The zero-order valence-electron chi connectivity index (χ0n) is 18.6. The lowest BCUT2D eigenvalue weighted by molar-refractivity contribution is -0.189. The fourth-order valence-corrected chi connectivity index (χ4v) is 5.83. The summed E-state index contributed by atoms with van der Waals surface area (Å²) in [4.78, 5) is 31.4. The maximum Gasteiger partial charge on any atom is 0.272 e. The van der Waals surface area contributed by atoms with Gasteiger partial charge < -0.3 is 20.1 Å². The van der Waals surface area contributed by atoms with Crippen LogP contribution in [0.25, 0.3) is 11.3 Å². The van der Waals surface area contributed by atoms with Gasteiger partial charge in [-0.3, -0.25) is 14.7 Å². The lowest BCUT2D eigenvalue weighted by Gasteiger charge is -2.55. The predicted molar refractivity (Wildman–Crippen MR) is 121 cm³/mol. The summed E-state index contributed by atoms with van der Waals surface area (Å²) in [5.41, 5.74) is 6.97. The van der Waals surface area contributed by atoms with Crippen LogP contribution < -0.4 is 10.5 Å². The monoisotopic (exact) mass is 473 g/mol.